The molecule has 0 radical (unpaired) electrons. The van der Waals surface area contributed by atoms with Crippen molar-refractivity contribution in [2.45, 2.75) is 6.54 Å². The smallest absolute Gasteiger partial charge is 0.222 e. The molecule has 0 unspecified atom stereocenters. The lowest BCUT2D eigenvalue weighted by atomic mass is 10.3. The van der Waals surface area contributed by atoms with Crippen molar-refractivity contribution in [2.75, 3.05) is 12.4 Å². The first-order valence-electron chi connectivity index (χ1n) is 4.99. The fraction of sp³-hybridized carbons (Fsp3) is 0.182. The summed E-state index contributed by atoms with van der Waals surface area (Å²) in [6.07, 6.45) is 3.08. The molecule has 0 aliphatic rings. The molecule has 5 nitrogen and oxygen atoms in total. The van der Waals surface area contributed by atoms with Crippen LogP contribution in [0.3, 0.4) is 0 Å². The first-order chi connectivity index (χ1) is 8.28. The van der Waals surface area contributed by atoms with E-state index >= 15 is 0 Å². The number of methoxy groups -OCH3 is 1. The number of aromatic nitrogens is 3. The lowest BCUT2D eigenvalue weighted by Gasteiger charge is -2.05. The van der Waals surface area contributed by atoms with Crippen LogP contribution in [0.5, 0.6) is 5.88 Å². The van der Waals surface area contributed by atoms with Gasteiger partial charge < -0.3 is 10.1 Å². The summed E-state index contributed by atoms with van der Waals surface area (Å²) in [5.74, 6) is 1.10. The number of hydrogen-bond donors (Lipinski definition) is 1. The summed E-state index contributed by atoms with van der Waals surface area (Å²) in [6, 6.07) is 5.57. The van der Waals surface area contributed by atoms with Crippen molar-refractivity contribution in [1.82, 2.24) is 15.0 Å². The number of anilines is 1. The van der Waals surface area contributed by atoms with Gasteiger partial charge in [-0.1, -0.05) is 17.7 Å². The number of nitrogens with zero attached hydrogens (tertiary/aromatic N) is 3. The Balaban J connectivity index is 1.99. The Hall–Kier alpha value is -1.88. The van der Waals surface area contributed by atoms with E-state index in [1.807, 2.05) is 12.1 Å². The van der Waals surface area contributed by atoms with Gasteiger partial charge in [0.15, 0.2) is 0 Å². The third-order valence-electron chi connectivity index (χ3n) is 2.04. The van der Waals surface area contributed by atoms with E-state index in [-0.39, 0.29) is 0 Å². The van der Waals surface area contributed by atoms with Crippen molar-refractivity contribution in [2.24, 2.45) is 0 Å². The Morgan fingerprint density at radius 1 is 1.29 bits per heavy atom. The summed E-state index contributed by atoms with van der Waals surface area (Å²) in [5, 5.41) is 3.55. The van der Waals surface area contributed by atoms with E-state index in [4.69, 9.17) is 16.3 Å². The minimum atomic E-state index is 0.509. The first-order valence-corrected chi connectivity index (χ1v) is 5.37. The van der Waals surface area contributed by atoms with E-state index < -0.39 is 0 Å². The van der Waals surface area contributed by atoms with Crippen molar-refractivity contribution in [3.05, 3.63) is 41.3 Å². The van der Waals surface area contributed by atoms with E-state index in [1.165, 1.54) is 12.4 Å². The summed E-state index contributed by atoms with van der Waals surface area (Å²) in [5.41, 5.74) is 0.850. The Morgan fingerprint density at radius 2 is 2.06 bits per heavy atom. The SMILES string of the molecule is COc1cccc(CNc2ncc(Cl)cn2)n1. The molecule has 2 rings (SSSR count). The lowest BCUT2D eigenvalue weighted by molar-refractivity contribution is 0.396. The Kier molecular flexibility index (Phi) is 3.72. The molecule has 6 heteroatoms. The molecule has 0 saturated heterocycles. The van der Waals surface area contributed by atoms with E-state index in [9.17, 15) is 0 Å². The van der Waals surface area contributed by atoms with E-state index in [1.54, 1.807) is 13.2 Å². The van der Waals surface area contributed by atoms with Crippen LogP contribution in [-0.4, -0.2) is 22.1 Å². The summed E-state index contributed by atoms with van der Waals surface area (Å²) in [4.78, 5) is 12.3. The standard InChI is InChI=1S/C11H11ClN4O/c1-17-10-4-2-3-9(16-10)7-15-11-13-5-8(12)6-14-11/h2-6H,7H2,1H3,(H,13,14,15). The van der Waals surface area contributed by atoms with Crippen LogP contribution in [0.15, 0.2) is 30.6 Å². The molecule has 88 valence electrons. The predicted octanol–water partition coefficient (Wildman–Crippen LogP) is 2.15. The van der Waals surface area contributed by atoms with Crippen molar-refractivity contribution < 1.29 is 4.74 Å². The molecule has 1 N–H and O–H groups in total. The molecule has 0 bridgehead atoms. The molecule has 0 amide bonds. The van der Waals surface area contributed by atoms with E-state index in [2.05, 4.69) is 20.3 Å². The van der Waals surface area contributed by atoms with Gasteiger partial charge in [0.1, 0.15) is 0 Å². The first kappa shape index (κ1) is 11.6. The number of pyridine rings is 1. The summed E-state index contributed by atoms with van der Waals surface area (Å²) >= 11 is 5.69. The number of nitrogens with one attached hydrogen (secondary N) is 1. The van der Waals surface area contributed by atoms with Gasteiger partial charge in [-0.3, -0.25) is 0 Å². The highest BCUT2D eigenvalue weighted by Crippen LogP contribution is 2.09. The molecule has 0 atom stereocenters. The van der Waals surface area contributed by atoms with Crippen LogP contribution in [0.2, 0.25) is 5.02 Å². The molecular weight excluding hydrogens is 240 g/mol. The third-order valence-corrected chi connectivity index (χ3v) is 2.23. The van der Waals surface area contributed by atoms with Gasteiger partial charge in [0.05, 0.1) is 36.8 Å². The van der Waals surface area contributed by atoms with Crippen LogP contribution in [0.25, 0.3) is 0 Å². The monoisotopic (exact) mass is 250 g/mol. The summed E-state index contributed by atoms with van der Waals surface area (Å²) in [6.45, 7) is 0.527. The maximum Gasteiger partial charge on any atom is 0.222 e. The van der Waals surface area contributed by atoms with E-state index in [0.717, 1.165) is 5.69 Å². The predicted molar refractivity (Wildman–Crippen MR) is 65.2 cm³/mol. The molecule has 2 heterocycles. The van der Waals surface area contributed by atoms with Crippen LogP contribution < -0.4 is 10.1 Å². The fourth-order valence-electron chi connectivity index (χ4n) is 1.24. The minimum Gasteiger partial charge on any atom is -0.481 e. The van der Waals surface area contributed by atoms with E-state index in [0.29, 0.717) is 23.4 Å². The molecule has 0 aromatic carbocycles. The Morgan fingerprint density at radius 3 is 2.76 bits per heavy atom. The van der Waals surface area contributed by atoms with Crippen molar-refractivity contribution in [1.29, 1.82) is 0 Å². The Labute approximate surface area is 104 Å². The van der Waals surface area contributed by atoms with Gasteiger partial charge in [-0.2, -0.15) is 0 Å². The highest BCUT2D eigenvalue weighted by Gasteiger charge is 1.99. The zero-order valence-electron chi connectivity index (χ0n) is 9.22. The van der Waals surface area contributed by atoms with Crippen LogP contribution >= 0.6 is 11.6 Å². The average Bonchev–Trinajstić information content (AvgIpc) is 2.38. The molecule has 2 aromatic rings. The van der Waals surface area contributed by atoms with Crippen LogP contribution in [0, 0.1) is 0 Å². The fourth-order valence-corrected chi connectivity index (χ4v) is 1.34. The summed E-state index contributed by atoms with van der Waals surface area (Å²) < 4.78 is 5.04. The van der Waals surface area contributed by atoms with Crippen LogP contribution in [0.1, 0.15) is 5.69 Å². The second-order valence-electron chi connectivity index (χ2n) is 3.25. The van der Waals surface area contributed by atoms with Gasteiger partial charge in [0.25, 0.3) is 0 Å². The minimum absolute atomic E-state index is 0.509. The second-order valence-corrected chi connectivity index (χ2v) is 3.69. The van der Waals surface area contributed by atoms with Gasteiger partial charge in [0.2, 0.25) is 11.8 Å². The van der Waals surface area contributed by atoms with Crippen LogP contribution in [-0.2, 0) is 6.54 Å². The highest BCUT2D eigenvalue weighted by molar-refractivity contribution is 6.30. The van der Waals surface area contributed by atoms with Gasteiger partial charge in [-0.25, -0.2) is 15.0 Å². The topological polar surface area (TPSA) is 59.9 Å². The Bertz CT molecular complexity index is 489. The quantitative estimate of drug-likeness (QED) is 0.901. The maximum atomic E-state index is 5.69. The van der Waals surface area contributed by atoms with Gasteiger partial charge >= 0.3 is 0 Å². The molecular formula is C11H11ClN4O. The molecule has 17 heavy (non-hydrogen) atoms. The lowest BCUT2D eigenvalue weighted by Crippen LogP contribution is -2.05. The van der Waals surface area contributed by atoms with Crippen molar-refractivity contribution in [3.8, 4) is 5.88 Å². The zero-order chi connectivity index (χ0) is 12.1. The molecule has 0 spiro atoms. The van der Waals surface area contributed by atoms with Crippen LogP contribution in [0.4, 0.5) is 5.95 Å². The molecule has 0 saturated carbocycles. The number of hydrogen-bond acceptors (Lipinski definition) is 5. The summed E-state index contributed by atoms with van der Waals surface area (Å²) in [7, 11) is 1.59. The second kappa shape index (κ2) is 5.45. The van der Waals surface area contributed by atoms with Gasteiger partial charge in [-0.05, 0) is 6.07 Å². The maximum absolute atomic E-state index is 5.69. The normalized spacial score (nSPS) is 10.0. The number of ether oxygens (including phenoxy) is 1. The highest BCUT2D eigenvalue weighted by atomic mass is 35.5. The molecule has 2 aromatic heterocycles. The molecule has 0 aliphatic heterocycles. The van der Waals surface area contributed by atoms with Crippen molar-refractivity contribution in [3.63, 3.8) is 0 Å². The zero-order valence-corrected chi connectivity index (χ0v) is 9.98. The van der Waals surface area contributed by atoms with Crippen molar-refractivity contribution >= 4 is 17.5 Å². The van der Waals surface area contributed by atoms with Gasteiger partial charge in [-0.15, -0.1) is 0 Å². The molecule has 0 aliphatic carbocycles. The number of halogens is 1. The third kappa shape index (κ3) is 3.29. The number of rotatable bonds is 4. The molecule has 0 fully saturated rings. The largest absolute Gasteiger partial charge is 0.481 e. The van der Waals surface area contributed by atoms with Gasteiger partial charge in [0, 0.05) is 6.07 Å². The average molecular weight is 251 g/mol.